The third-order valence-electron chi connectivity index (χ3n) is 2.88. The van der Waals surface area contributed by atoms with E-state index in [1.54, 1.807) is 4.90 Å². The number of rotatable bonds is 6. The van der Waals surface area contributed by atoms with Crippen LogP contribution in [0.4, 0.5) is 0 Å². The lowest BCUT2D eigenvalue weighted by molar-refractivity contribution is -0.142. The molecule has 0 spiro atoms. The Hall–Kier alpha value is -1.19. The summed E-state index contributed by atoms with van der Waals surface area (Å²) in [4.78, 5) is 23.3. The number of hydrogen-bond donors (Lipinski definition) is 1. The molecular formula is C10H18N2O6S. The summed E-state index contributed by atoms with van der Waals surface area (Å²) in [5.74, 6) is -1.88. The average molecular weight is 294 g/mol. The summed E-state index contributed by atoms with van der Waals surface area (Å²) in [6.07, 6.45) is -0.398. The number of carbonyl (C=O) groups is 2. The first-order valence-corrected chi connectivity index (χ1v) is 7.45. The van der Waals surface area contributed by atoms with Crippen molar-refractivity contribution in [3.8, 4) is 0 Å². The molecule has 8 nitrogen and oxygen atoms in total. The number of ether oxygens (including phenoxy) is 1. The number of hydrogen-bond acceptors (Lipinski definition) is 6. The van der Waals surface area contributed by atoms with Crippen LogP contribution in [0.25, 0.3) is 0 Å². The van der Waals surface area contributed by atoms with Crippen LogP contribution in [-0.4, -0.2) is 80.3 Å². The maximum atomic E-state index is 11.8. The van der Waals surface area contributed by atoms with E-state index in [1.165, 1.54) is 11.4 Å². The fourth-order valence-corrected chi connectivity index (χ4v) is 3.17. The highest BCUT2D eigenvalue weighted by Gasteiger charge is 2.27. The van der Waals surface area contributed by atoms with Gasteiger partial charge in [-0.2, -0.15) is 4.31 Å². The molecule has 0 aliphatic carbocycles. The molecule has 0 bridgehead atoms. The minimum Gasteiger partial charge on any atom is -0.481 e. The van der Waals surface area contributed by atoms with E-state index in [2.05, 4.69) is 4.74 Å². The first-order valence-electron chi connectivity index (χ1n) is 5.84. The molecule has 0 amide bonds. The fourth-order valence-electron chi connectivity index (χ4n) is 1.76. The van der Waals surface area contributed by atoms with Crippen molar-refractivity contribution >= 4 is 22.0 Å². The predicted octanol–water partition coefficient (Wildman–Crippen LogP) is -1.42. The average Bonchev–Trinajstić information content (AvgIpc) is 2.37. The zero-order valence-corrected chi connectivity index (χ0v) is 11.6. The number of aliphatic carboxylic acids is 1. The topological polar surface area (TPSA) is 104 Å². The summed E-state index contributed by atoms with van der Waals surface area (Å²) in [5.41, 5.74) is 0. The Morgan fingerprint density at radius 2 is 1.79 bits per heavy atom. The van der Waals surface area contributed by atoms with E-state index in [-0.39, 0.29) is 31.4 Å². The minimum atomic E-state index is -3.53. The number of esters is 1. The Bertz CT molecular complexity index is 427. The molecule has 0 aromatic heterocycles. The molecule has 1 saturated heterocycles. The Balaban J connectivity index is 2.44. The highest BCUT2D eigenvalue weighted by atomic mass is 32.2. The first kappa shape index (κ1) is 15.9. The van der Waals surface area contributed by atoms with Gasteiger partial charge >= 0.3 is 11.9 Å². The molecule has 1 aliphatic rings. The van der Waals surface area contributed by atoms with Gasteiger partial charge in [0, 0.05) is 26.2 Å². The molecule has 19 heavy (non-hydrogen) atoms. The SMILES string of the molecule is COC(=O)CN1CCN(S(=O)(=O)CCC(=O)O)CC1. The molecule has 1 heterocycles. The summed E-state index contributed by atoms with van der Waals surface area (Å²) >= 11 is 0. The number of piperazine rings is 1. The molecule has 0 saturated carbocycles. The van der Waals surface area contributed by atoms with Crippen molar-refractivity contribution in [2.75, 3.05) is 45.6 Å². The van der Waals surface area contributed by atoms with E-state index in [4.69, 9.17) is 5.11 Å². The van der Waals surface area contributed by atoms with Gasteiger partial charge in [-0.05, 0) is 0 Å². The van der Waals surface area contributed by atoms with Crippen LogP contribution in [0.5, 0.6) is 0 Å². The molecule has 110 valence electrons. The Morgan fingerprint density at radius 1 is 1.21 bits per heavy atom. The molecule has 9 heteroatoms. The normalized spacial score (nSPS) is 18.2. The van der Waals surface area contributed by atoms with Crippen molar-refractivity contribution in [3.05, 3.63) is 0 Å². The Morgan fingerprint density at radius 3 is 2.26 bits per heavy atom. The smallest absolute Gasteiger partial charge is 0.319 e. The lowest BCUT2D eigenvalue weighted by atomic mass is 10.3. The predicted molar refractivity (Wildman–Crippen MR) is 66.1 cm³/mol. The van der Waals surface area contributed by atoms with Gasteiger partial charge in [0.05, 0.1) is 25.8 Å². The van der Waals surface area contributed by atoms with Gasteiger partial charge in [0.25, 0.3) is 0 Å². The number of carboxylic acid groups (broad SMARTS) is 1. The van der Waals surface area contributed by atoms with Crippen molar-refractivity contribution in [2.45, 2.75) is 6.42 Å². The molecule has 1 rings (SSSR count). The maximum Gasteiger partial charge on any atom is 0.319 e. The number of sulfonamides is 1. The van der Waals surface area contributed by atoms with Gasteiger partial charge in [0.2, 0.25) is 10.0 Å². The first-order chi connectivity index (χ1) is 8.85. The van der Waals surface area contributed by atoms with Gasteiger partial charge in [-0.3, -0.25) is 14.5 Å². The van der Waals surface area contributed by atoms with Gasteiger partial charge in [0.15, 0.2) is 0 Å². The standard InChI is InChI=1S/C10H18N2O6S/c1-18-10(15)8-11-3-5-12(6-4-11)19(16,17)7-2-9(13)14/h2-8H2,1H3,(H,13,14). The van der Waals surface area contributed by atoms with Crippen LogP contribution in [0.2, 0.25) is 0 Å². The second kappa shape index (κ2) is 6.83. The molecule has 0 atom stereocenters. The second-order valence-corrected chi connectivity index (χ2v) is 6.30. The van der Waals surface area contributed by atoms with Crippen molar-refractivity contribution in [1.29, 1.82) is 0 Å². The monoisotopic (exact) mass is 294 g/mol. The molecule has 1 N–H and O–H groups in total. The molecule has 0 aromatic carbocycles. The quantitative estimate of drug-likeness (QED) is 0.600. The van der Waals surface area contributed by atoms with E-state index in [0.717, 1.165) is 0 Å². The number of carbonyl (C=O) groups excluding carboxylic acids is 1. The van der Waals surface area contributed by atoms with Crippen LogP contribution in [0.15, 0.2) is 0 Å². The molecular weight excluding hydrogens is 276 g/mol. The molecule has 1 fully saturated rings. The largest absolute Gasteiger partial charge is 0.481 e. The van der Waals surface area contributed by atoms with E-state index in [9.17, 15) is 18.0 Å². The highest BCUT2D eigenvalue weighted by Crippen LogP contribution is 2.09. The van der Waals surface area contributed by atoms with E-state index < -0.39 is 22.4 Å². The van der Waals surface area contributed by atoms with Crippen LogP contribution >= 0.6 is 0 Å². The fraction of sp³-hybridized carbons (Fsp3) is 0.800. The zero-order chi connectivity index (χ0) is 14.5. The summed E-state index contributed by atoms with van der Waals surface area (Å²) in [6.45, 7) is 1.53. The van der Waals surface area contributed by atoms with E-state index >= 15 is 0 Å². The highest BCUT2D eigenvalue weighted by molar-refractivity contribution is 7.89. The van der Waals surface area contributed by atoms with E-state index in [1.807, 2.05) is 0 Å². The number of nitrogens with zero attached hydrogens (tertiary/aromatic N) is 2. The Labute approximate surface area is 112 Å². The minimum absolute atomic E-state index is 0.138. The van der Waals surface area contributed by atoms with Gasteiger partial charge in [-0.15, -0.1) is 0 Å². The third-order valence-corrected chi connectivity index (χ3v) is 4.75. The number of carboxylic acids is 1. The van der Waals surface area contributed by atoms with Gasteiger partial charge in [0.1, 0.15) is 0 Å². The van der Waals surface area contributed by atoms with Gasteiger partial charge in [-0.25, -0.2) is 8.42 Å². The van der Waals surface area contributed by atoms with Crippen molar-refractivity contribution in [3.63, 3.8) is 0 Å². The van der Waals surface area contributed by atoms with Crippen molar-refractivity contribution in [1.82, 2.24) is 9.21 Å². The van der Waals surface area contributed by atoms with Crippen LogP contribution in [0.3, 0.4) is 0 Å². The van der Waals surface area contributed by atoms with Crippen LogP contribution < -0.4 is 0 Å². The number of methoxy groups -OCH3 is 1. The third kappa shape index (κ3) is 5.13. The molecule has 0 unspecified atom stereocenters. The summed E-state index contributed by atoms with van der Waals surface area (Å²) < 4.78 is 29.5. The van der Waals surface area contributed by atoms with Crippen LogP contribution in [0, 0.1) is 0 Å². The van der Waals surface area contributed by atoms with E-state index in [0.29, 0.717) is 13.1 Å². The van der Waals surface area contributed by atoms with Crippen LogP contribution in [-0.2, 0) is 24.3 Å². The zero-order valence-electron chi connectivity index (χ0n) is 10.7. The molecule has 1 aliphatic heterocycles. The van der Waals surface area contributed by atoms with Crippen LogP contribution in [0.1, 0.15) is 6.42 Å². The van der Waals surface area contributed by atoms with Crippen molar-refractivity contribution < 1.29 is 27.9 Å². The molecule has 0 aromatic rings. The maximum absolute atomic E-state index is 11.8. The Kier molecular flexibility index (Phi) is 5.70. The summed E-state index contributed by atoms with van der Waals surface area (Å²) in [7, 11) is -2.23. The lowest BCUT2D eigenvalue weighted by Gasteiger charge is -2.33. The van der Waals surface area contributed by atoms with Gasteiger partial charge in [-0.1, -0.05) is 0 Å². The lowest BCUT2D eigenvalue weighted by Crippen LogP contribution is -2.50. The molecule has 0 radical (unpaired) electrons. The summed E-state index contributed by atoms with van der Waals surface area (Å²) in [6, 6.07) is 0. The summed E-state index contributed by atoms with van der Waals surface area (Å²) in [5, 5.41) is 8.50. The van der Waals surface area contributed by atoms with Crippen molar-refractivity contribution in [2.24, 2.45) is 0 Å². The second-order valence-electron chi connectivity index (χ2n) is 4.21. The van der Waals surface area contributed by atoms with Gasteiger partial charge < -0.3 is 9.84 Å².